The molecule has 0 aliphatic heterocycles. The van der Waals surface area contributed by atoms with E-state index in [1.165, 1.54) is 4.90 Å². The van der Waals surface area contributed by atoms with Crippen LogP contribution in [0.15, 0.2) is 30.3 Å². The van der Waals surface area contributed by atoms with Crippen LogP contribution in [-0.2, 0) is 4.79 Å². The molecule has 0 aliphatic carbocycles. The summed E-state index contributed by atoms with van der Waals surface area (Å²) < 4.78 is 0. The van der Waals surface area contributed by atoms with Crippen LogP contribution in [0.1, 0.15) is 19.8 Å². The number of hydrogen-bond donors (Lipinski definition) is 2. The molecule has 1 atom stereocenters. The number of nitrogens with one attached hydrogen (secondary N) is 1. The Morgan fingerprint density at radius 2 is 2.05 bits per heavy atom. The Balaban J connectivity index is 2.86. The Bertz CT molecular complexity index is 494. The van der Waals surface area contributed by atoms with Gasteiger partial charge in [0.05, 0.1) is 0 Å². The summed E-state index contributed by atoms with van der Waals surface area (Å²) in [6.07, 6.45) is 6.34. The normalized spacial score (nSPS) is 11.2. The predicted molar refractivity (Wildman–Crippen MR) is 77.5 cm³/mol. The third kappa shape index (κ3) is 4.65. The van der Waals surface area contributed by atoms with Gasteiger partial charge in [0.15, 0.2) is 0 Å². The molecule has 0 bridgehead atoms. The lowest BCUT2D eigenvalue weighted by molar-refractivity contribution is -0.135. The number of anilines is 1. The van der Waals surface area contributed by atoms with Crippen molar-refractivity contribution in [2.24, 2.45) is 0 Å². The van der Waals surface area contributed by atoms with Crippen molar-refractivity contribution < 1.29 is 14.7 Å². The van der Waals surface area contributed by atoms with E-state index in [-0.39, 0.29) is 6.04 Å². The van der Waals surface area contributed by atoms with E-state index in [9.17, 15) is 9.59 Å². The molecule has 106 valence electrons. The zero-order valence-electron chi connectivity index (χ0n) is 11.4. The number of amides is 2. The molecular weight excluding hydrogens is 256 g/mol. The smallest absolute Gasteiger partial charge is 0.323 e. The highest BCUT2D eigenvalue weighted by molar-refractivity contribution is 5.96. The minimum absolute atomic E-state index is 0.160. The van der Waals surface area contributed by atoms with Gasteiger partial charge in [0.1, 0.15) is 6.54 Å². The molecule has 0 saturated carbocycles. The van der Waals surface area contributed by atoms with Gasteiger partial charge in [0.25, 0.3) is 0 Å². The van der Waals surface area contributed by atoms with Crippen LogP contribution in [0.2, 0.25) is 0 Å². The molecule has 1 unspecified atom stereocenters. The highest BCUT2D eigenvalue weighted by Crippen LogP contribution is 2.13. The first kappa shape index (κ1) is 15.6. The Hall–Kier alpha value is -2.48. The number of rotatable bonds is 6. The molecule has 0 radical (unpaired) electrons. The van der Waals surface area contributed by atoms with E-state index in [1.54, 1.807) is 30.3 Å². The molecule has 2 amide bonds. The molecule has 0 fully saturated rings. The molecule has 0 aromatic heterocycles. The van der Waals surface area contributed by atoms with Gasteiger partial charge in [-0.05, 0) is 18.6 Å². The topological polar surface area (TPSA) is 69.6 Å². The molecule has 5 nitrogen and oxygen atoms in total. The Morgan fingerprint density at radius 1 is 1.40 bits per heavy atom. The van der Waals surface area contributed by atoms with E-state index in [2.05, 4.69) is 11.2 Å². The van der Waals surface area contributed by atoms with Gasteiger partial charge in [-0.25, -0.2) is 4.79 Å². The summed E-state index contributed by atoms with van der Waals surface area (Å²) >= 11 is 0. The highest BCUT2D eigenvalue weighted by atomic mass is 16.4. The van der Waals surface area contributed by atoms with Gasteiger partial charge < -0.3 is 10.4 Å². The van der Waals surface area contributed by atoms with Crippen LogP contribution < -0.4 is 10.2 Å². The SMILES string of the molecule is C#CCC(CC)NC(=O)N(CC(=O)O)c1ccccc1. The summed E-state index contributed by atoms with van der Waals surface area (Å²) in [6, 6.07) is 8.04. The molecule has 1 aromatic carbocycles. The van der Waals surface area contributed by atoms with Crippen molar-refractivity contribution in [3.8, 4) is 12.3 Å². The standard InChI is InChI=1S/C15H18N2O3/c1-3-8-12(4-2)16-15(20)17(11-14(18)19)13-9-6-5-7-10-13/h1,5-7,9-10,12H,4,8,11H2,2H3,(H,16,20)(H,18,19). The molecule has 0 saturated heterocycles. The van der Waals surface area contributed by atoms with Crippen molar-refractivity contribution in [1.29, 1.82) is 0 Å². The average Bonchev–Trinajstić information content (AvgIpc) is 2.44. The van der Waals surface area contributed by atoms with Crippen LogP contribution in [0.5, 0.6) is 0 Å². The fourth-order valence-electron chi connectivity index (χ4n) is 1.72. The van der Waals surface area contributed by atoms with E-state index < -0.39 is 18.5 Å². The van der Waals surface area contributed by atoms with Crippen LogP contribution in [-0.4, -0.2) is 29.7 Å². The summed E-state index contributed by atoms with van der Waals surface area (Å²) in [4.78, 5) is 24.3. The van der Waals surface area contributed by atoms with Gasteiger partial charge in [-0.2, -0.15) is 0 Å². The number of carbonyl (C=O) groups excluding carboxylic acids is 1. The predicted octanol–water partition coefficient (Wildman–Crippen LogP) is 2.09. The molecule has 20 heavy (non-hydrogen) atoms. The molecule has 1 aromatic rings. The summed E-state index contributed by atoms with van der Waals surface area (Å²) in [5, 5.41) is 11.7. The van der Waals surface area contributed by atoms with Crippen molar-refractivity contribution in [3.63, 3.8) is 0 Å². The minimum Gasteiger partial charge on any atom is -0.480 e. The monoisotopic (exact) mass is 274 g/mol. The summed E-state index contributed by atoms with van der Waals surface area (Å²) in [5.74, 6) is 1.42. The second-order valence-corrected chi connectivity index (χ2v) is 4.28. The van der Waals surface area contributed by atoms with Crippen LogP contribution >= 0.6 is 0 Å². The number of terminal acetylenes is 1. The maximum atomic E-state index is 12.2. The third-order valence-electron chi connectivity index (χ3n) is 2.79. The molecule has 2 N–H and O–H groups in total. The molecule has 0 aliphatic rings. The molecule has 5 heteroatoms. The van der Waals surface area contributed by atoms with Gasteiger partial charge >= 0.3 is 12.0 Å². The number of carboxylic acids is 1. The quantitative estimate of drug-likeness (QED) is 0.780. The molecule has 0 spiro atoms. The van der Waals surface area contributed by atoms with Crippen molar-refractivity contribution in [2.45, 2.75) is 25.8 Å². The number of nitrogens with zero attached hydrogens (tertiary/aromatic N) is 1. The number of aliphatic carboxylic acids is 1. The number of carboxylic acid groups (broad SMARTS) is 1. The largest absolute Gasteiger partial charge is 0.480 e. The van der Waals surface area contributed by atoms with E-state index >= 15 is 0 Å². The number of benzene rings is 1. The number of urea groups is 1. The lowest BCUT2D eigenvalue weighted by Gasteiger charge is -2.24. The van der Waals surface area contributed by atoms with Gasteiger partial charge in [-0.15, -0.1) is 12.3 Å². The van der Waals surface area contributed by atoms with Gasteiger partial charge in [-0.3, -0.25) is 9.69 Å². The van der Waals surface area contributed by atoms with Crippen LogP contribution in [0.3, 0.4) is 0 Å². The first-order valence-corrected chi connectivity index (χ1v) is 6.36. The fraction of sp³-hybridized carbons (Fsp3) is 0.333. The number of carbonyl (C=O) groups is 2. The lowest BCUT2D eigenvalue weighted by Crippen LogP contribution is -2.46. The van der Waals surface area contributed by atoms with E-state index in [4.69, 9.17) is 11.5 Å². The Kier molecular flexibility index (Phi) is 6.11. The number of para-hydroxylation sites is 1. The number of hydrogen-bond acceptors (Lipinski definition) is 2. The fourth-order valence-corrected chi connectivity index (χ4v) is 1.72. The minimum atomic E-state index is -1.07. The lowest BCUT2D eigenvalue weighted by atomic mass is 10.1. The van der Waals surface area contributed by atoms with Crippen LogP contribution in [0.4, 0.5) is 10.5 Å². The summed E-state index contributed by atoms with van der Waals surface area (Å²) in [7, 11) is 0. The average molecular weight is 274 g/mol. The van der Waals surface area contributed by atoms with Gasteiger partial charge in [0.2, 0.25) is 0 Å². The van der Waals surface area contributed by atoms with Crippen LogP contribution in [0.25, 0.3) is 0 Å². The van der Waals surface area contributed by atoms with E-state index in [0.717, 1.165) is 0 Å². The van der Waals surface area contributed by atoms with Crippen molar-refractivity contribution in [3.05, 3.63) is 30.3 Å². The van der Waals surface area contributed by atoms with Crippen LogP contribution in [0, 0.1) is 12.3 Å². The molecule has 1 rings (SSSR count). The van der Waals surface area contributed by atoms with Gasteiger partial charge in [-0.1, -0.05) is 25.1 Å². The maximum absolute atomic E-state index is 12.2. The highest BCUT2D eigenvalue weighted by Gasteiger charge is 2.20. The second kappa shape index (κ2) is 7.85. The van der Waals surface area contributed by atoms with Crippen molar-refractivity contribution in [1.82, 2.24) is 5.32 Å². The molecule has 0 heterocycles. The third-order valence-corrected chi connectivity index (χ3v) is 2.79. The summed E-state index contributed by atoms with van der Waals surface area (Å²) in [5.41, 5.74) is 0.531. The maximum Gasteiger partial charge on any atom is 0.323 e. The Morgan fingerprint density at radius 3 is 2.55 bits per heavy atom. The first-order valence-electron chi connectivity index (χ1n) is 6.36. The Labute approximate surface area is 118 Å². The van der Waals surface area contributed by atoms with Crippen molar-refractivity contribution in [2.75, 3.05) is 11.4 Å². The van der Waals surface area contributed by atoms with E-state index in [1.807, 2.05) is 6.92 Å². The zero-order chi connectivity index (χ0) is 15.0. The second-order valence-electron chi connectivity index (χ2n) is 4.28. The summed E-state index contributed by atoms with van der Waals surface area (Å²) in [6.45, 7) is 1.51. The zero-order valence-corrected chi connectivity index (χ0v) is 11.4. The first-order chi connectivity index (χ1) is 9.58. The van der Waals surface area contributed by atoms with Gasteiger partial charge in [0, 0.05) is 18.2 Å². The van der Waals surface area contributed by atoms with E-state index in [0.29, 0.717) is 18.5 Å². The molecular formula is C15H18N2O3. The van der Waals surface area contributed by atoms with Crippen molar-refractivity contribution >= 4 is 17.7 Å².